The van der Waals surface area contributed by atoms with Gasteiger partial charge < -0.3 is 35.6 Å². The number of ether oxygens (including phenoxy) is 2. The first-order chi connectivity index (χ1) is 13.3. The molecule has 5 atom stereocenters. The zero-order valence-electron chi connectivity index (χ0n) is 14.5. The number of carboxylic acid groups (broad SMARTS) is 1. The van der Waals surface area contributed by atoms with Gasteiger partial charge >= 0.3 is 5.97 Å². The molecule has 28 heavy (non-hydrogen) atoms. The highest BCUT2D eigenvalue weighted by Crippen LogP contribution is 2.26. The van der Waals surface area contributed by atoms with Crippen LogP contribution in [0.1, 0.15) is 0 Å². The van der Waals surface area contributed by atoms with Gasteiger partial charge in [0.15, 0.2) is 6.10 Å². The molecule has 0 saturated carbocycles. The van der Waals surface area contributed by atoms with Gasteiger partial charge in [-0.2, -0.15) is 10.2 Å². The molecular formula is C18H19N3O7. The molecule has 6 N–H and O–H groups in total. The number of nitrogen functional groups attached to an aromatic ring is 1. The van der Waals surface area contributed by atoms with Crippen molar-refractivity contribution in [2.75, 3.05) is 5.73 Å². The fourth-order valence-corrected chi connectivity index (χ4v) is 2.53. The lowest BCUT2D eigenvalue weighted by molar-refractivity contribution is -0.271. The predicted octanol–water partition coefficient (Wildman–Crippen LogP) is 0.955. The van der Waals surface area contributed by atoms with Crippen LogP contribution in [-0.4, -0.2) is 57.1 Å². The molecule has 0 aliphatic carbocycles. The van der Waals surface area contributed by atoms with E-state index in [4.69, 9.17) is 20.3 Å². The molecule has 1 heterocycles. The molecule has 1 aliphatic heterocycles. The molecule has 1 saturated heterocycles. The Morgan fingerprint density at radius 3 is 1.96 bits per heavy atom. The van der Waals surface area contributed by atoms with Crippen LogP contribution in [0.2, 0.25) is 0 Å². The Balaban J connectivity index is 1.66. The van der Waals surface area contributed by atoms with Gasteiger partial charge in [-0.3, -0.25) is 0 Å². The lowest BCUT2D eigenvalue weighted by atomic mass is 9.99. The monoisotopic (exact) mass is 389 g/mol. The van der Waals surface area contributed by atoms with E-state index in [0.29, 0.717) is 17.1 Å². The Hall–Kier alpha value is -3.05. The van der Waals surface area contributed by atoms with Gasteiger partial charge in [-0.15, -0.1) is 0 Å². The minimum Gasteiger partial charge on any atom is -0.479 e. The smallest absolute Gasteiger partial charge is 0.335 e. The van der Waals surface area contributed by atoms with E-state index in [0.717, 1.165) is 0 Å². The molecule has 0 bridgehead atoms. The Labute approximate surface area is 159 Å². The second kappa shape index (κ2) is 8.31. The third-order valence-electron chi connectivity index (χ3n) is 4.08. The SMILES string of the molecule is Nc1ccc(N=Nc2ccc(OC3OC(C(=O)O)C(O)C(O)C3O)cc2)cc1. The number of benzene rings is 2. The zero-order valence-corrected chi connectivity index (χ0v) is 14.5. The highest BCUT2D eigenvalue weighted by molar-refractivity contribution is 5.73. The number of aliphatic hydroxyl groups is 3. The van der Waals surface area contributed by atoms with Crippen molar-refractivity contribution in [1.82, 2.24) is 0 Å². The first kappa shape index (κ1) is 19.7. The van der Waals surface area contributed by atoms with Crippen molar-refractivity contribution in [3.63, 3.8) is 0 Å². The van der Waals surface area contributed by atoms with Gasteiger partial charge in [0.05, 0.1) is 11.4 Å². The highest BCUT2D eigenvalue weighted by atomic mass is 16.7. The van der Waals surface area contributed by atoms with Gasteiger partial charge in [0.2, 0.25) is 6.29 Å². The normalized spacial score (nSPS) is 27.6. The van der Waals surface area contributed by atoms with E-state index in [1.807, 2.05) is 0 Å². The summed E-state index contributed by atoms with van der Waals surface area (Å²) in [6, 6.07) is 13.1. The summed E-state index contributed by atoms with van der Waals surface area (Å²) in [5.41, 5.74) is 7.37. The van der Waals surface area contributed by atoms with E-state index in [1.165, 1.54) is 12.1 Å². The summed E-state index contributed by atoms with van der Waals surface area (Å²) in [6.07, 6.45) is -8.33. The lowest BCUT2D eigenvalue weighted by Crippen LogP contribution is -2.61. The number of nitrogens with zero attached hydrogens (tertiary/aromatic N) is 2. The number of hydrogen-bond donors (Lipinski definition) is 5. The Morgan fingerprint density at radius 2 is 1.43 bits per heavy atom. The summed E-state index contributed by atoms with van der Waals surface area (Å²) in [6.45, 7) is 0. The van der Waals surface area contributed by atoms with E-state index < -0.39 is 36.7 Å². The maximum atomic E-state index is 11.1. The molecule has 10 heteroatoms. The van der Waals surface area contributed by atoms with Crippen LogP contribution in [0, 0.1) is 0 Å². The standard InChI is InChI=1S/C18H19N3O7/c19-9-1-3-10(4-2-9)20-21-11-5-7-12(8-6-11)27-18-15(24)13(22)14(23)16(28-18)17(25)26/h1-8,13-16,18,22-24H,19H2,(H,25,26). The molecule has 5 unspecified atom stereocenters. The van der Waals surface area contributed by atoms with Crippen molar-refractivity contribution in [3.05, 3.63) is 48.5 Å². The molecule has 3 rings (SSSR count). The second-order valence-corrected chi connectivity index (χ2v) is 6.14. The fraction of sp³-hybridized carbons (Fsp3) is 0.278. The maximum absolute atomic E-state index is 11.1. The minimum absolute atomic E-state index is 0.239. The average Bonchev–Trinajstić information content (AvgIpc) is 2.68. The van der Waals surface area contributed by atoms with Crippen LogP contribution in [0.15, 0.2) is 58.8 Å². The molecule has 0 radical (unpaired) electrons. The third-order valence-corrected chi connectivity index (χ3v) is 4.08. The first-order valence-electron chi connectivity index (χ1n) is 8.31. The Kier molecular flexibility index (Phi) is 5.85. The van der Waals surface area contributed by atoms with Gasteiger partial charge in [-0.05, 0) is 48.5 Å². The quantitative estimate of drug-likeness (QED) is 0.372. The van der Waals surface area contributed by atoms with Gasteiger partial charge in [0, 0.05) is 5.69 Å². The van der Waals surface area contributed by atoms with Crippen LogP contribution in [0.3, 0.4) is 0 Å². The predicted molar refractivity (Wildman–Crippen MR) is 96.4 cm³/mol. The Morgan fingerprint density at radius 1 is 0.893 bits per heavy atom. The topological polar surface area (TPSA) is 167 Å². The van der Waals surface area contributed by atoms with Crippen molar-refractivity contribution in [2.24, 2.45) is 10.2 Å². The number of aliphatic carboxylic acids is 1. The zero-order chi connectivity index (χ0) is 20.3. The molecule has 10 nitrogen and oxygen atoms in total. The molecule has 2 aromatic rings. The summed E-state index contributed by atoms with van der Waals surface area (Å²) in [5.74, 6) is -1.24. The molecule has 2 aromatic carbocycles. The van der Waals surface area contributed by atoms with Gasteiger partial charge in [0.1, 0.15) is 24.1 Å². The molecule has 0 spiro atoms. The fourth-order valence-electron chi connectivity index (χ4n) is 2.53. The minimum atomic E-state index is -1.77. The van der Waals surface area contributed by atoms with Gasteiger partial charge in [0.25, 0.3) is 0 Å². The van der Waals surface area contributed by atoms with E-state index >= 15 is 0 Å². The molecular weight excluding hydrogens is 370 g/mol. The maximum Gasteiger partial charge on any atom is 0.335 e. The van der Waals surface area contributed by atoms with Crippen LogP contribution < -0.4 is 10.5 Å². The number of anilines is 1. The highest BCUT2D eigenvalue weighted by Gasteiger charge is 2.48. The molecule has 0 aromatic heterocycles. The van der Waals surface area contributed by atoms with Crippen LogP contribution in [0.4, 0.5) is 17.1 Å². The van der Waals surface area contributed by atoms with Gasteiger partial charge in [-0.25, -0.2) is 4.79 Å². The number of aliphatic hydroxyl groups excluding tert-OH is 3. The number of hydrogen-bond acceptors (Lipinski definition) is 9. The number of carboxylic acids is 1. The van der Waals surface area contributed by atoms with Crippen molar-refractivity contribution in [3.8, 4) is 5.75 Å². The van der Waals surface area contributed by atoms with E-state index in [1.54, 1.807) is 36.4 Å². The largest absolute Gasteiger partial charge is 0.479 e. The van der Waals surface area contributed by atoms with Crippen molar-refractivity contribution >= 4 is 23.0 Å². The van der Waals surface area contributed by atoms with Crippen molar-refractivity contribution in [2.45, 2.75) is 30.7 Å². The lowest BCUT2D eigenvalue weighted by Gasteiger charge is -2.38. The van der Waals surface area contributed by atoms with E-state index in [-0.39, 0.29) is 5.75 Å². The number of carbonyl (C=O) groups is 1. The Bertz CT molecular complexity index is 841. The summed E-state index contributed by atoms with van der Waals surface area (Å²) in [4.78, 5) is 11.1. The van der Waals surface area contributed by atoms with Crippen LogP contribution in [0.5, 0.6) is 5.75 Å². The van der Waals surface area contributed by atoms with Crippen LogP contribution in [0.25, 0.3) is 0 Å². The van der Waals surface area contributed by atoms with Crippen LogP contribution >= 0.6 is 0 Å². The summed E-state index contributed by atoms with van der Waals surface area (Å²) in [7, 11) is 0. The van der Waals surface area contributed by atoms with E-state index in [2.05, 4.69) is 10.2 Å². The van der Waals surface area contributed by atoms with Crippen molar-refractivity contribution in [1.29, 1.82) is 0 Å². The van der Waals surface area contributed by atoms with E-state index in [9.17, 15) is 20.1 Å². The summed E-state index contributed by atoms with van der Waals surface area (Å²) in [5, 5.41) is 46.6. The second-order valence-electron chi connectivity index (χ2n) is 6.14. The number of rotatable bonds is 5. The first-order valence-corrected chi connectivity index (χ1v) is 8.31. The average molecular weight is 389 g/mol. The molecule has 148 valence electrons. The molecule has 1 aliphatic rings. The number of nitrogens with two attached hydrogens (primary N) is 1. The summed E-state index contributed by atoms with van der Waals surface area (Å²) < 4.78 is 10.5. The van der Waals surface area contributed by atoms with Gasteiger partial charge in [-0.1, -0.05) is 0 Å². The van der Waals surface area contributed by atoms with Crippen molar-refractivity contribution < 1.29 is 34.7 Å². The number of azo groups is 1. The summed E-state index contributed by atoms with van der Waals surface area (Å²) >= 11 is 0. The molecule has 0 amide bonds. The third kappa shape index (κ3) is 4.43. The molecule has 1 fully saturated rings. The van der Waals surface area contributed by atoms with Crippen LogP contribution in [-0.2, 0) is 9.53 Å².